The first-order chi connectivity index (χ1) is 35.0. The number of benzene rings is 4. The summed E-state index contributed by atoms with van der Waals surface area (Å²) >= 11 is 24.4. The molecule has 10 aromatic rings. The fraction of sp³-hybridized carbons (Fsp3) is 0.0784. The molecule has 0 spiro atoms. The number of aldehydes is 2. The van der Waals surface area contributed by atoms with Gasteiger partial charge < -0.3 is 15.3 Å². The van der Waals surface area contributed by atoms with E-state index >= 15 is 0 Å². The maximum Gasteiger partial charge on any atom is 0.183 e. The maximum absolute atomic E-state index is 10.5. The molecule has 21 heteroatoms. The van der Waals surface area contributed by atoms with E-state index < -0.39 is 6.10 Å². The van der Waals surface area contributed by atoms with Crippen molar-refractivity contribution >= 4 is 104 Å². The SMILES string of the molecule is C/C=C\C=N.COC(c1cccc(-n2cccn2)c1)c1cnc(Cl)s1.Clc1nccs1.O=Cc1cccc(-n2cccn2)c1.O=Cc1cccc(Br)c1.OC(c1cccc(-n2cccn2)c1)c1cnc(Cl)s1. The van der Waals surface area contributed by atoms with E-state index in [2.05, 4.69) is 52.2 Å². The average Bonchev–Trinajstić information content (AvgIpc) is 4.28. The monoisotopic (exact) mass is 1140 g/mol. The lowest BCUT2D eigenvalue weighted by Crippen LogP contribution is -2.03. The van der Waals surface area contributed by atoms with Crippen LogP contribution in [0.3, 0.4) is 0 Å². The Kier molecular flexibility index (Phi) is 24.3. The number of methoxy groups -OCH3 is 1. The molecular formula is C51H44BrCl3N10O4S3. The van der Waals surface area contributed by atoms with Gasteiger partial charge in [-0.15, -0.1) is 34.0 Å². The number of aromatic nitrogens is 9. The third-order valence-electron chi connectivity index (χ3n) is 9.10. The molecule has 6 heterocycles. The quantitative estimate of drug-likeness (QED) is 0.0935. The highest BCUT2D eigenvalue weighted by molar-refractivity contribution is 9.10. The molecule has 0 bridgehead atoms. The minimum Gasteiger partial charge on any atom is -0.383 e. The Balaban J connectivity index is 0.000000171. The minimum absolute atomic E-state index is 0.171. The summed E-state index contributed by atoms with van der Waals surface area (Å²) in [5.74, 6) is 0. The molecule has 0 radical (unpaired) electrons. The molecule has 10 rings (SSSR count). The van der Waals surface area contributed by atoms with Crippen molar-refractivity contribution in [1.29, 1.82) is 5.41 Å². The van der Waals surface area contributed by atoms with E-state index in [4.69, 9.17) is 44.9 Å². The zero-order valence-electron chi connectivity index (χ0n) is 38.2. The Bertz CT molecular complexity index is 3150. The highest BCUT2D eigenvalue weighted by Gasteiger charge is 2.17. The van der Waals surface area contributed by atoms with Gasteiger partial charge in [0.15, 0.2) is 13.4 Å². The molecule has 2 unspecified atom stereocenters. The first kappa shape index (κ1) is 56.3. The standard InChI is InChI=1S/C14H12ClN3OS.C13H10ClN3OS.C10H8N2O.C7H5BrO.C4H7N.C3H2ClNS/c1-19-13(12-9-16-14(15)20-12)10-4-2-5-11(8-10)18-7-3-6-17-18;14-13-15-8-11(19-13)12(18)9-3-1-4-10(7-9)17-6-2-5-16-17;13-8-9-3-1-4-10(7-9)12-6-2-5-11-12;8-7-3-1-2-6(4-7)5-9;1-2-3-4-5;4-3-5-1-2-6-3/h2-9,13H,1H3;1-8,12,18H;1-8H;1-5H;2-5H,1H3;1-2H/b;;;;3-2-,5-4?;. The smallest absolute Gasteiger partial charge is 0.183 e. The second kappa shape index (κ2) is 31.0. The van der Waals surface area contributed by atoms with E-state index in [1.165, 1.54) is 40.2 Å². The van der Waals surface area contributed by atoms with E-state index in [1.807, 2.05) is 127 Å². The third-order valence-corrected chi connectivity index (χ3v) is 12.8. The fourth-order valence-corrected chi connectivity index (χ4v) is 8.93. The molecule has 0 aliphatic carbocycles. The zero-order chi connectivity index (χ0) is 51.5. The summed E-state index contributed by atoms with van der Waals surface area (Å²) in [6.07, 6.45) is 21.3. The lowest BCUT2D eigenvalue weighted by molar-refractivity contribution is 0.111. The van der Waals surface area contributed by atoms with Crippen LogP contribution < -0.4 is 0 Å². The second-order valence-electron chi connectivity index (χ2n) is 14.0. The number of allylic oxidation sites excluding steroid dienone is 2. The highest BCUT2D eigenvalue weighted by atomic mass is 79.9. The molecule has 14 nitrogen and oxygen atoms in total. The molecule has 2 atom stereocenters. The summed E-state index contributed by atoms with van der Waals surface area (Å²) < 4.78 is 13.4. The number of thiazole rings is 3. The van der Waals surface area contributed by atoms with Crippen molar-refractivity contribution in [3.63, 3.8) is 0 Å². The van der Waals surface area contributed by atoms with Gasteiger partial charge in [0.2, 0.25) is 0 Å². The summed E-state index contributed by atoms with van der Waals surface area (Å²) in [4.78, 5) is 34.1. The second-order valence-corrected chi connectivity index (χ2v) is 19.6. The van der Waals surface area contributed by atoms with E-state index in [0.29, 0.717) is 24.5 Å². The van der Waals surface area contributed by atoms with Crippen LogP contribution in [0, 0.1) is 5.41 Å². The number of aliphatic hydroxyl groups excluding tert-OH is 1. The Hall–Kier alpha value is -6.58. The van der Waals surface area contributed by atoms with Crippen LogP contribution in [0.15, 0.2) is 193 Å². The summed E-state index contributed by atoms with van der Waals surface area (Å²) in [7, 11) is 1.68. The fourth-order valence-electron chi connectivity index (χ4n) is 5.91. The number of carbonyl (C=O) groups excluding carboxylic acids is 2. The number of ether oxygens (including phenoxy) is 1. The van der Waals surface area contributed by atoms with Crippen LogP contribution in [-0.2, 0) is 4.74 Å². The molecule has 4 aromatic carbocycles. The molecule has 0 fully saturated rings. The van der Waals surface area contributed by atoms with Gasteiger partial charge in [-0.05, 0) is 90.9 Å². The number of rotatable bonds is 11. The van der Waals surface area contributed by atoms with Crippen LogP contribution in [0.5, 0.6) is 0 Å². The summed E-state index contributed by atoms with van der Waals surface area (Å²) in [6.45, 7) is 1.88. The van der Waals surface area contributed by atoms with Crippen molar-refractivity contribution in [3.8, 4) is 17.1 Å². The Morgan fingerprint density at radius 2 is 1.14 bits per heavy atom. The molecule has 0 saturated carbocycles. The largest absolute Gasteiger partial charge is 0.383 e. The Labute approximate surface area is 451 Å². The van der Waals surface area contributed by atoms with Gasteiger partial charge in [0.25, 0.3) is 0 Å². The van der Waals surface area contributed by atoms with E-state index in [9.17, 15) is 14.7 Å². The van der Waals surface area contributed by atoms with Gasteiger partial charge in [0.05, 0.1) is 26.8 Å². The molecule has 72 heavy (non-hydrogen) atoms. The van der Waals surface area contributed by atoms with Gasteiger partial charge in [0.1, 0.15) is 24.8 Å². The summed E-state index contributed by atoms with van der Waals surface area (Å²) in [5, 5.41) is 31.0. The van der Waals surface area contributed by atoms with Gasteiger partial charge in [-0.25, -0.2) is 29.0 Å². The third kappa shape index (κ3) is 18.5. The average molecular weight is 1140 g/mol. The Morgan fingerprint density at radius 3 is 1.53 bits per heavy atom. The zero-order valence-corrected chi connectivity index (χ0v) is 44.5. The number of nitrogens with one attached hydrogen (secondary N) is 1. The first-order valence-electron chi connectivity index (χ1n) is 21.1. The van der Waals surface area contributed by atoms with Crippen molar-refractivity contribution in [2.75, 3.05) is 7.11 Å². The van der Waals surface area contributed by atoms with Crippen LogP contribution in [0.4, 0.5) is 0 Å². The van der Waals surface area contributed by atoms with Crippen LogP contribution in [0.2, 0.25) is 13.4 Å². The lowest BCUT2D eigenvalue weighted by atomic mass is 10.1. The number of aliphatic hydroxyl groups is 1. The predicted molar refractivity (Wildman–Crippen MR) is 293 cm³/mol. The molecule has 0 aliphatic heterocycles. The van der Waals surface area contributed by atoms with Crippen LogP contribution in [-0.4, -0.2) is 75.3 Å². The maximum atomic E-state index is 10.5. The molecule has 0 saturated heterocycles. The first-order valence-corrected chi connectivity index (χ1v) is 25.6. The van der Waals surface area contributed by atoms with Crippen molar-refractivity contribution in [2.24, 2.45) is 0 Å². The number of nitrogens with zero attached hydrogens (tertiary/aromatic N) is 9. The summed E-state index contributed by atoms with van der Waals surface area (Å²) in [5.41, 5.74) is 5.98. The Morgan fingerprint density at radius 1 is 0.639 bits per heavy atom. The predicted octanol–water partition coefficient (Wildman–Crippen LogP) is 13.7. The molecule has 0 amide bonds. The normalized spacial score (nSPS) is 11.0. The lowest BCUT2D eigenvalue weighted by Gasteiger charge is -2.14. The van der Waals surface area contributed by atoms with E-state index in [-0.39, 0.29) is 6.10 Å². The van der Waals surface area contributed by atoms with E-state index in [0.717, 1.165) is 55.0 Å². The van der Waals surface area contributed by atoms with Crippen LogP contribution in [0.25, 0.3) is 17.1 Å². The molecular weight excluding hydrogens is 1100 g/mol. The van der Waals surface area contributed by atoms with Crippen molar-refractivity contribution in [2.45, 2.75) is 19.1 Å². The van der Waals surface area contributed by atoms with Gasteiger partial charge >= 0.3 is 0 Å². The van der Waals surface area contributed by atoms with Gasteiger partial charge in [-0.2, -0.15) is 15.3 Å². The van der Waals surface area contributed by atoms with E-state index in [1.54, 1.807) is 84.0 Å². The van der Waals surface area contributed by atoms with Gasteiger partial charge in [0, 0.05) is 90.1 Å². The van der Waals surface area contributed by atoms with Crippen molar-refractivity contribution < 1.29 is 19.4 Å². The van der Waals surface area contributed by atoms with Crippen LogP contribution in [0.1, 0.15) is 60.7 Å². The summed E-state index contributed by atoms with van der Waals surface area (Å²) in [6, 6.07) is 35.8. The minimum atomic E-state index is -0.722. The van der Waals surface area contributed by atoms with Gasteiger partial charge in [-0.3, -0.25) is 9.59 Å². The number of halogens is 4. The van der Waals surface area contributed by atoms with Crippen molar-refractivity contribution in [1.82, 2.24) is 44.3 Å². The molecule has 6 aromatic heterocycles. The molecule has 0 aliphatic rings. The van der Waals surface area contributed by atoms with Gasteiger partial charge in [-0.1, -0.05) is 105 Å². The highest BCUT2D eigenvalue weighted by Crippen LogP contribution is 2.33. The van der Waals surface area contributed by atoms with Crippen LogP contribution >= 0.6 is 84.7 Å². The number of carbonyl (C=O) groups is 2. The topological polar surface area (TPSA) is 180 Å². The molecule has 368 valence electrons. The van der Waals surface area contributed by atoms with Crippen molar-refractivity contribution in [3.05, 3.63) is 238 Å². The number of hydrogen-bond donors (Lipinski definition) is 2. The molecule has 2 N–H and O–H groups in total. The number of hydrogen-bond acceptors (Lipinski definition) is 14.